The summed E-state index contributed by atoms with van der Waals surface area (Å²) in [7, 11) is 0. The molecule has 0 aromatic heterocycles. The molecule has 0 aromatic rings. The Hall–Kier alpha value is -3.02. The maximum absolute atomic E-state index is 12.3. The average molecular weight is 385 g/mol. The molecule has 0 fully saturated rings. The number of amides is 5. The maximum Gasteiger partial charge on any atom is 0.243 e. The first-order chi connectivity index (χ1) is 12.6. The van der Waals surface area contributed by atoms with Crippen LogP contribution in [0.2, 0.25) is 0 Å². The predicted octanol–water partition coefficient (Wildman–Crippen LogP) is -3.81. The van der Waals surface area contributed by atoms with Crippen LogP contribution in [0.15, 0.2) is 0 Å². The Morgan fingerprint density at radius 1 is 0.741 bits per heavy atom. The summed E-state index contributed by atoms with van der Waals surface area (Å²) in [6.07, 6.45) is 0.806. The predicted molar refractivity (Wildman–Crippen MR) is 92.8 cm³/mol. The Kier molecular flexibility index (Phi) is 11.0. The van der Waals surface area contributed by atoms with Gasteiger partial charge in [0.25, 0.3) is 0 Å². The Morgan fingerprint density at radius 3 is 1.70 bits per heavy atom. The molecular formula is C15H25N6O6. The largest absolute Gasteiger partial charge is 0.370 e. The monoisotopic (exact) mass is 385 g/mol. The minimum absolute atomic E-state index is 0.0331. The lowest BCUT2D eigenvalue weighted by molar-refractivity contribution is -0.130. The van der Waals surface area contributed by atoms with Crippen molar-refractivity contribution in [3.8, 4) is 0 Å². The summed E-state index contributed by atoms with van der Waals surface area (Å²) < 4.78 is 0. The average Bonchev–Trinajstić information content (AvgIpc) is 2.58. The van der Waals surface area contributed by atoms with E-state index in [4.69, 9.17) is 22.9 Å². The smallest absolute Gasteiger partial charge is 0.243 e. The number of nitrogens with two attached hydrogens (primary N) is 4. The van der Waals surface area contributed by atoms with Crippen LogP contribution >= 0.6 is 0 Å². The van der Waals surface area contributed by atoms with Crippen LogP contribution in [-0.2, 0) is 28.8 Å². The summed E-state index contributed by atoms with van der Waals surface area (Å²) in [6, 6.07) is -3.44. The van der Waals surface area contributed by atoms with Crippen LogP contribution in [0.5, 0.6) is 0 Å². The van der Waals surface area contributed by atoms with E-state index in [1.165, 1.54) is 0 Å². The molecule has 0 bridgehead atoms. The highest BCUT2D eigenvalue weighted by molar-refractivity contribution is 5.91. The zero-order valence-corrected chi connectivity index (χ0v) is 14.7. The van der Waals surface area contributed by atoms with E-state index in [1.54, 1.807) is 6.29 Å². The molecule has 3 atom stereocenters. The van der Waals surface area contributed by atoms with Gasteiger partial charge in [-0.1, -0.05) is 0 Å². The lowest BCUT2D eigenvalue weighted by atomic mass is 10.1. The van der Waals surface area contributed by atoms with Gasteiger partial charge in [-0.15, -0.1) is 0 Å². The topological polar surface area (TPSA) is 231 Å². The Labute approximate surface area is 155 Å². The molecule has 0 aliphatic heterocycles. The molecule has 151 valence electrons. The number of hydrogen-bond acceptors (Lipinski definition) is 7. The molecule has 0 spiro atoms. The lowest BCUT2D eigenvalue weighted by Crippen LogP contribution is -2.53. The second-order valence-corrected chi connectivity index (χ2v) is 5.86. The third-order valence-electron chi connectivity index (χ3n) is 3.49. The molecule has 0 unspecified atom stereocenters. The van der Waals surface area contributed by atoms with E-state index in [2.05, 4.69) is 10.6 Å². The van der Waals surface area contributed by atoms with Gasteiger partial charge in [-0.05, 0) is 19.3 Å². The van der Waals surface area contributed by atoms with Crippen LogP contribution in [0, 0.1) is 0 Å². The van der Waals surface area contributed by atoms with Crippen LogP contribution < -0.4 is 33.6 Å². The second-order valence-electron chi connectivity index (χ2n) is 5.86. The fourth-order valence-corrected chi connectivity index (χ4v) is 1.98. The van der Waals surface area contributed by atoms with Crippen LogP contribution in [0.3, 0.4) is 0 Å². The zero-order valence-electron chi connectivity index (χ0n) is 14.7. The van der Waals surface area contributed by atoms with Crippen molar-refractivity contribution in [2.24, 2.45) is 22.9 Å². The van der Waals surface area contributed by atoms with Crippen molar-refractivity contribution in [3.63, 3.8) is 0 Å². The summed E-state index contributed by atoms with van der Waals surface area (Å²) in [5, 5.41) is 4.62. The Balaban J connectivity index is 4.94. The normalized spacial score (nSPS) is 13.7. The summed E-state index contributed by atoms with van der Waals surface area (Å²) >= 11 is 0. The molecule has 0 saturated heterocycles. The van der Waals surface area contributed by atoms with Crippen LogP contribution in [0.1, 0.15) is 38.5 Å². The Morgan fingerprint density at radius 2 is 1.22 bits per heavy atom. The van der Waals surface area contributed by atoms with Crippen molar-refractivity contribution >= 4 is 35.8 Å². The summed E-state index contributed by atoms with van der Waals surface area (Å²) in [5.74, 6) is -3.54. The van der Waals surface area contributed by atoms with Crippen molar-refractivity contribution in [2.45, 2.75) is 56.7 Å². The fraction of sp³-hybridized carbons (Fsp3) is 0.600. The molecule has 0 rings (SSSR count). The van der Waals surface area contributed by atoms with Gasteiger partial charge < -0.3 is 33.6 Å². The van der Waals surface area contributed by atoms with Crippen molar-refractivity contribution in [1.29, 1.82) is 0 Å². The van der Waals surface area contributed by atoms with E-state index in [1.807, 2.05) is 0 Å². The molecule has 0 heterocycles. The molecule has 0 aromatic carbocycles. The summed E-state index contributed by atoms with van der Waals surface area (Å²) in [4.78, 5) is 67.8. The van der Waals surface area contributed by atoms with Crippen molar-refractivity contribution in [2.75, 3.05) is 0 Å². The first kappa shape index (κ1) is 24.0. The van der Waals surface area contributed by atoms with Crippen molar-refractivity contribution < 1.29 is 28.8 Å². The third kappa shape index (κ3) is 11.3. The highest BCUT2D eigenvalue weighted by Gasteiger charge is 2.26. The number of rotatable bonds is 14. The number of carbonyl (C=O) groups excluding carboxylic acids is 6. The highest BCUT2D eigenvalue weighted by Crippen LogP contribution is 2.03. The number of nitrogens with one attached hydrogen (secondary N) is 2. The molecule has 1 radical (unpaired) electrons. The van der Waals surface area contributed by atoms with Crippen LogP contribution in [0.4, 0.5) is 0 Å². The molecule has 12 nitrogen and oxygen atoms in total. The quantitative estimate of drug-likeness (QED) is 0.174. The summed E-state index contributed by atoms with van der Waals surface area (Å²) in [5.41, 5.74) is 20.6. The maximum atomic E-state index is 12.3. The van der Waals surface area contributed by atoms with E-state index in [0.717, 1.165) is 0 Å². The molecule has 12 heteroatoms. The van der Waals surface area contributed by atoms with Gasteiger partial charge in [-0.3, -0.25) is 28.8 Å². The SMILES string of the molecule is NC(=O)CC[C@@H]([C]=O)NC(=O)[C@H](CCC(N)=O)NC(=O)[C@@H](N)CCC(N)=O. The highest BCUT2D eigenvalue weighted by atomic mass is 16.2. The molecule has 0 aliphatic rings. The molecule has 0 saturated carbocycles. The number of hydrogen-bond donors (Lipinski definition) is 6. The van der Waals surface area contributed by atoms with Crippen LogP contribution in [-0.4, -0.2) is 53.9 Å². The minimum atomic E-state index is -1.21. The van der Waals surface area contributed by atoms with E-state index in [0.29, 0.717) is 0 Å². The molecule has 0 aliphatic carbocycles. The third-order valence-corrected chi connectivity index (χ3v) is 3.49. The number of primary amides is 3. The first-order valence-corrected chi connectivity index (χ1v) is 8.15. The molecular weight excluding hydrogens is 360 g/mol. The van der Waals surface area contributed by atoms with Gasteiger partial charge in [-0.2, -0.15) is 0 Å². The van der Waals surface area contributed by atoms with Crippen molar-refractivity contribution in [1.82, 2.24) is 10.6 Å². The number of carbonyl (C=O) groups is 5. The van der Waals surface area contributed by atoms with Crippen LogP contribution in [0.25, 0.3) is 0 Å². The molecule has 5 amide bonds. The van der Waals surface area contributed by atoms with Gasteiger partial charge in [0.05, 0.1) is 12.1 Å². The molecule has 10 N–H and O–H groups in total. The molecule has 27 heavy (non-hydrogen) atoms. The second kappa shape index (κ2) is 12.4. The zero-order chi connectivity index (χ0) is 21.0. The van der Waals surface area contributed by atoms with E-state index >= 15 is 0 Å². The standard InChI is InChI=1S/C15H25N6O6/c16-9(2-5-12(18)24)14(26)21-10(3-6-13(19)25)15(27)20-8(7-22)1-4-11(17)23/h8-10H,1-6,16H2,(H2,17,23)(H2,18,24)(H2,19,25)(H,20,27)(H,21,26)/t8-,9-,10-/m0/s1. The van der Waals surface area contributed by atoms with E-state index < -0.39 is 47.7 Å². The Bertz CT molecular complexity index is 581. The van der Waals surface area contributed by atoms with Gasteiger partial charge in [0.15, 0.2) is 0 Å². The van der Waals surface area contributed by atoms with Gasteiger partial charge in [0.2, 0.25) is 35.8 Å². The van der Waals surface area contributed by atoms with Gasteiger partial charge >= 0.3 is 0 Å². The lowest BCUT2D eigenvalue weighted by Gasteiger charge is -2.21. The minimum Gasteiger partial charge on any atom is -0.370 e. The van der Waals surface area contributed by atoms with Crippen molar-refractivity contribution in [3.05, 3.63) is 0 Å². The first-order valence-electron chi connectivity index (χ1n) is 8.15. The van der Waals surface area contributed by atoms with Gasteiger partial charge in [-0.25, -0.2) is 0 Å². The van der Waals surface area contributed by atoms with Gasteiger partial charge in [0, 0.05) is 19.3 Å². The van der Waals surface area contributed by atoms with Gasteiger partial charge in [0.1, 0.15) is 6.04 Å². The fourth-order valence-electron chi connectivity index (χ4n) is 1.98. The van der Waals surface area contributed by atoms with E-state index in [-0.39, 0.29) is 38.5 Å². The van der Waals surface area contributed by atoms with E-state index in [9.17, 15) is 28.8 Å². The summed E-state index contributed by atoms with van der Waals surface area (Å²) in [6.45, 7) is 0.